The van der Waals surface area contributed by atoms with E-state index in [1.165, 1.54) is 7.11 Å². The number of hydrogen-bond donors (Lipinski definition) is 1. The summed E-state index contributed by atoms with van der Waals surface area (Å²) >= 11 is 0. The minimum absolute atomic E-state index is 0.00348. The van der Waals surface area contributed by atoms with E-state index >= 15 is 0 Å². The molecule has 0 aromatic heterocycles. The number of ether oxygens (including phenoxy) is 2. The van der Waals surface area contributed by atoms with E-state index in [0.29, 0.717) is 17.0 Å². The van der Waals surface area contributed by atoms with Gasteiger partial charge in [-0.1, -0.05) is 36.4 Å². The van der Waals surface area contributed by atoms with Gasteiger partial charge in [-0.25, -0.2) is 18.2 Å². The number of methoxy groups -OCH3 is 1. The Morgan fingerprint density at radius 3 is 2.57 bits per heavy atom. The largest absolute Gasteiger partial charge is 0.497 e. The molecule has 2 aromatic rings. The normalized spacial score (nSPS) is 20.0. The highest BCUT2D eigenvalue weighted by atomic mass is 32.2. The summed E-state index contributed by atoms with van der Waals surface area (Å²) in [4.78, 5) is 38.5. The summed E-state index contributed by atoms with van der Waals surface area (Å²) in [5, 5.41) is 7.94. The van der Waals surface area contributed by atoms with Crippen LogP contribution in [0.1, 0.15) is 30.9 Å². The first-order chi connectivity index (χ1) is 16.8. The Balaban J connectivity index is 1.54. The summed E-state index contributed by atoms with van der Waals surface area (Å²) in [5.74, 6) is -1.45. The SMILES string of the molecule is COc1cccc(NC(=O)[C@H](OC(=O)C2=NN([C@@H]3CCS(=O)(=O)C3)C(=O)CC2)c2ccccc2)c1. The van der Waals surface area contributed by atoms with E-state index in [4.69, 9.17) is 9.47 Å². The molecule has 184 valence electrons. The smallest absolute Gasteiger partial charge is 0.355 e. The topological polar surface area (TPSA) is 131 Å². The van der Waals surface area contributed by atoms with Gasteiger partial charge in [0.15, 0.2) is 9.84 Å². The molecule has 4 rings (SSSR count). The van der Waals surface area contributed by atoms with E-state index in [1.807, 2.05) is 0 Å². The average Bonchev–Trinajstić information content (AvgIpc) is 3.22. The number of carbonyl (C=O) groups is 3. The fraction of sp³-hybridized carbons (Fsp3) is 0.333. The van der Waals surface area contributed by atoms with Crippen molar-refractivity contribution in [3.05, 3.63) is 60.2 Å². The Labute approximate surface area is 202 Å². The summed E-state index contributed by atoms with van der Waals surface area (Å²) in [6, 6.07) is 14.7. The maximum absolute atomic E-state index is 13.1. The van der Waals surface area contributed by atoms with E-state index in [1.54, 1.807) is 54.6 Å². The second-order valence-electron chi connectivity index (χ2n) is 8.26. The molecule has 0 bridgehead atoms. The van der Waals surface area contributed by atoms with Crippen LogP contribution in [0.3, 0.4) is 0 Å². The maximum atomic E-state index is 13.1. The molecule has 0 spiro atoms. The maximum Gasteiger partial charge on any atom is 0.355 e. The lowest BCUT2D eigenvalue weighted by Gasteiger charge is -2.27. The van der Waals surface area contributed by atoms with E-state index in [2.05, 4.69) is 10.4 Å². The number of nitrogens with one attached hydrogen (secondary N) is 1. The van der Waals surface area contributed by atoms with Crippen LogP contribution in [0.25, 0.3) is 0 Å². The number of amides is 2. The first-order valence-corrected chi connectivity index (χ1v) is 12.9. The number of esters is 1. The van der Waals surface area contributed by atoms with Crippen LogP contribution in [0, 0.1) is 0 Å². The number of hydrazone groups is 1. The Kier molecular flexibility index (Phi) is 7.15. The van der Waals surface area contributed by atoms with E-state index in [9.17, 15) is 22.8 Å². The second kappa shape index (κ2) is 10.3. The molecule has 0 unspecified atom stereocenters. The quantitative estimate of drug-likeness (QED) is 0.577. The molecule has 10 nitrogen and oxygen atoms in total. The van der Waals surface area contributed by atoms with Crippen LogP contribution in [0.4, 0.5) is 5.69 Å². The van der Waals surface area contributed by atoms with E-state index in [-0.39, 0.29) is 42.4 Å². The molecule has 2 aromatic carbocycles. The Morgan fingerprint density at radius 2 is 1.89 bits per heavy atom. The third-order valence-electron chi connectivity index (χ3n) is 5.75. The molecule has 2 aliphatic heterocycles. The first kappa shape index (κ1) is 24.4. The molecule has 2 amide bonds. The van der Waals surface area contributed by atoms with Crippen LogP contribution in [0.5, 0.6) is 5.75 Å². The minimum atomic E-state index is -3.25. The lowest BCUT2D eigenvalue weighted by atomic mass is 10.1. The van der Waals surface area contributed by atoms with Crippen molar-refractivity contribution in [3.63, 3.8) is 0 Å². The third-order valence-corrected chi connectivity index (χ3v) is 7.50. The van der Waals surface area contributed by atoms with Gasteiger partial charge in [-0.05, 0) is 18.6 Å². The number of carbonyl (C=O) groups excluding carboxylic acids is 3. The molecule has 1 saturated heterocycles. The average molecular weight is 500 g/mol. The summed E-state index contributed by atoms with van der Waals surface area (Å²) in [5.41, 5.74) is 0.872. The van der Waals surface area contributed by atoms with Gasteiger partial charge in [0.05, 0.1) is 24.7 Å². The van der Waals surface area contributed by atoms with Gasteiger partial charge in [0, 0.05) is 30.2 Å². The van der Waals surface area contributed by atoms with Crippen LogP contribution >= 0.6 is 0 Å². The summed E-state index contributed by atoms with van der Waals surface area (Å²) in [7, 11) is -1.74. The summed E-state index contributed by atoms with van der Waals surface area (Å²) in [6.45, 7) is 0. The van der Waals surface area contributed by atoms with Crippen molar-refractivity contribution in [3.8, 4) is 5.75 Å². The highest BCUT2D eigenvalue weighted by molar-refractivity contribution is 7.91. The summed E-state index contributed by atoms with van der Waals surface area (Å²) in [6.07, 6.45) is -0.992. The molecule has 11 heteroatoms. The number of benzene rings is 2. The van der Waals surface area contributed by atoms with Crippen molar-refractivity contribution in [1.29, 1.82) is 0 Å². The van der Waals surface area contributed by atoms with Crippen molar-refractivity contribution in [2.75, 3.05) is 23.9 Å². The number of rotatable bonds is 7. The molecular formula is C24H25N3O7S. The number of sulfone groups is 1. The molecule has 1 fully saturated rings. The molecule has 2 heterocycles. The lowest BCUT2D eigenvalue weighted by molar-refractivity contribution is -0.148. The van der Waals surface area contributed by atoms with E-state index < -0.39 is 33.9 Å². The zero-order valence-corrected chi connectivity index (χ0v) is 19.9. The fourth-order valence-corrected chi connectivity index (χ4v) is 5.65. The van der Waals surface area contributed by atoms with Gasteiger partial charge in [-0.2, -0.15) is 5.10 Å². The van der Waals surface area contributed by atoms with Gasteiger partial charge in [0.2, 0.25) is 12.0 Å². The number of hydrogen-bond acceptors (Lipinski definition) is 8. The monoisotopic (exact) mass is 499 g/mol. The standard InChI is InChI=1S/C24H25N3O7S/c1-33-19-9-5-8-17(14-19)25-23(29)22(16-6-3-2-4-7-16)34-24(30)20-10-11-21(28)27(26-20)18-12-13-35(31,32)15-18/h2-9,14,18,22H,10-13,15H2,1H3,(H,25,29)/t18-,22-/m1/s1. The van der Waals surface area contributed by atoms with Gasteiger partial charge in [-0.3, -0.25) is 9.59 Å². The highest BCUT2D eigenvalue weighted by Gasteiger charge is 2.38. The van der Waals surface area contributed by atoms with Gasteiger partial charge in [0.25, 0.3) is 5.91 Å². The number of nitrogens with zero attached hydrogens (tertiary/aromatic N) is 2. The lowest BCUT2D eigenvalue weighted by Crippen LogP contribution is -2.42. The second-order valence-corrected chi connectivity index (χ2v) is 10.5. The molecule has 2 atom stereocenters. The van der Waals surface area contributed by atoms with Gasteiger partial charge in [-0.15, -0.1) is 0 Å². The molecule has 0 radical (unpaired) electrons. The predicted octanol–water partition coefficient (Wildman–Crippen LogP) is 2.08. The van der Waals surface area contributed by atoms with Gasteiger partial charge < -0.3 is 14.8 Å². The predicted molar refractivity (Wildman–Crippen MR) is 127 cm³/mol. The van der Waals surface area contributed by atoms with Crippen LogP contribution in [0.2, 0.25) is 0 Å². The van der Waals surface area contributed by atoms with Crippen LogP contribution in [-0.2, 0) is 29.0 Å². The van der Waals surface area contributed by atoms with Crippen LogP contribution in [-0.4, -0.2) is 61.6 Å². The van der Waals surface area contributed by atoms with Crippen molar-refractivity contribution in [2.24, 2.45) is 5.10 Å². The fourth-order valence-electron chi connectivity index (χ4n) is 3.96. The van der Waals surface area contributed by atoms with Gasteiger partial charge >= 0.3 is 5.97 Å². The highest BCUT2D eigenvalue weighted by Crippen LogP contribution is 2.25. The van der Waals surface area contributed by atoms with Crippen molar-refractivity contribution >= 4 is 39.0 Å². The zero-order valence-electron chi connectivity index (χ0n) is 19.0. The van der Waals surface area contributed by atoms with Crippen LogP contribution < -0.4 is 10.1 Å². The number of anilines is 1. The Bertz CT molecular complexity index is 1260. The van der Waals surface area contributed by atoms with Crippen molar-refractivity contribution in [1.82, 2.24) is 5.01 Å². The molecule has 35 heavy (non-hydrogen) atoms. The molecule has 0 aliphatic carbocycles. The molecule has 0 saturated carbocycles. The van der Waals surface area contributed by atoms with Gasteiger partial charge in [0.1, 0.15) is 11.5 Å². The van der Waals surface area contributed by atoms with Crippen molar-refractivity contribution in [2.45, 2.75) is 31.4 Å². The van der Waals surface area contributed by atoms with Crippen molar-refractivity contribution < 1.29 is 32.3 Å². The minimum Gasteiger partial charge on any atom is -0.497 e. The molecule has 1 N–H and O–H groups in total. The Morgan fingerprint density at radius 1 is 1.11 bits per heavy atom. The molecular weight excluding hydrogens is 474 g/mol. The first-order valence-electron chi connectivity index (χ1n) is 11.1. The Hall–Kier alpha value is -3.73. The summed E-state index contributed by atoms with van der Waals surface area (Å²) < 4.78 is 34.4. The third kappa shape index (κ3) is 5.86. The zero-order chi connectivity index (χ0) is 25.0. The molecule has 2 aliphatic rings. The van der Waals surface area contributed by atoms with E-state index in [0.717, 1.165) is 5.01 Å². The van der Waals surface area contributed by atoms with Crippen LogP contribution in [0.15, 0.2) is 59.7 Å².